The molecule has 1 aliphatic heterocycles. The monoisotopic (exact) mass is 271 g/mol. The molecule has 3 rings (SSSR count). The maximum Gasteiger partial charge on any atom is 0.152 e. The Labute approximate surface area is 113 Å². The maximum atomic E-state index is 9.20. The van der Waals surface area contributed by atoms with Crippen LogP contribution in [0.1, 0.15) is 16.3 Å². The molecule has 0 aromatic carbocycles. The number of nitrogens with zero attached hydrogens (tertiary/aromatic N) is 6. The van der Waals surface area contributed by atoms with Crippen LogP contribution in [0, 0.1) is 22.7 Å². The highest BCUT2D eigenvalue weighted by Gasteiger charge is 2.24. The number of aromatic nitrogens is 3. The summed E-state index contributed by atoms with van der Waals surface area (Å²) in [5.74, 6) is 0.848. The molecule has 0 atom stereocenters. The third-order valence-corrected chi connectivity index (χ3v) is 4.24. The Morgan fingerprint density at radius 3 is 2.89 bits per heavy atom. The van der Waals surface area contributed by atoms with Gasteiger partial charge in [0.1, 0.15) is 33.9 Å². The van der Waals surface area contributed by atoms with E-state index >= 15 is 0 Å². The minimum Gasteiger partial charge on any atom is -0.396 e. The van der Waals surface area contributed by atoms with Crippen LogP contribution in [0.3, 0.4) is 0 Å². The minimum atomic E-state index is 0.275. The van der Waals surface area contributed by atoms with Crippen LogP contribution in [0.2, 0.25) is 0 Å². The van der Waals surface area contributed by atoms with E-state index in [2.05, 4.69) is 16.3 Å². The van der Waals surface area contributed by atoms with Crippen molar-refractivity contribution in [1.82, 2.24) is 14.8 Å². The summed E-state index contributed by atoms with van der Waals surface area (Å²) < 4.78 is 1.98. The average Bonchev–Trinajstić information content (AvgIpc) is 3.01. The predicted octanol–water partition coefficient (Wildman–Crippen LogP) is 0.685. The molecular weight excluding hydrogens is 262 g/mol. The van der Waals surface area contributed by atoms with E-state index in [9.17, 15) is 5.26 Å². The quantitative estimate of drug-likeness (QED) is 0.817. The molecule has 0 bridgehead atoms. The molecule has 0 aliphatic carbocycles. The van der Waals surface area contributed by atoms with Gasteiger partial charge in [0.15, 0.2) is 5.82 Å². The Bertz CT molecular complexity index is 714. The average molecular weight is 271 g/mol. The molecule has 19 heavy (non-hydrogen) atoms. The molecule has 0 unspecified atom stereocenters. The van der Waals surface area contributed by atoms with Gasteiger partial charge in [-0.1, -0.05) is 0 Å². The first-order chi connectivity index (χ1) is 9.24. The Kier molecular flexibility index (Phi) is 2.58. The summed E-state index contributed by atoms with van der Waals surface area (Å²) in [7, 11) is 0. The fourth-order valence-corrected chi connectivity index (χ4v) is 3.08. The Balaban J connectivity index is 2.01. The zero-order chi connectivity index (χ0) is 13.4. The fraction of sp³-hybridized carbons (Fsp3) is 0.273. The van der Waals surface area contributed by atoms with E-state index < -0.39 is 0 Å². The molecule has 0 spiro atoms. The van der Waals surface area contributed by atoms with Crippen LogP contribution in [-0.4, -0.2) is 21.3 Å². The summed E-state index contributed by atoms with van der Waals surface area (Å²) in [5.41, 5.74) is 6.47. The molecule has 94 valence electrons. The number of nitrogen functional groups attached to an aromatic ring is 1. The molecule has 3 heterocycles. The van der Waals surface area contributed by atoms with Gasteiger partial charge in [-0.05, 0) is 0 Å². The van der Waals surface area contributed by atoms with Crippen LogP contribution in [-0.2, 0) is 13.1 Å². The molecule has 2 aromatic rings. The van der Waals surface area contributed by atoms with Crippen LogP contribution >= 0.6 is 11.3 Å². The van der Waals surface area contributed by atoms with Crippen molar-refractivity contribution in [3.63, 3.8) is 0 Å². The lowest BCUT2D eigenvalue weighted by atomic mass is 10.2. The van der Waals surface area contributed by atoms with E-state index in [0.29, 0.717) is 17.0 Å². The first-order valence-corrected chi connectivity index (χ1v) is 6.40. The van der Waals surface area contributed by atoms with Gasteiger partial charge in [0.25, 0.3) is 0 Å². The summed E-state index contributed by atoms with van der Waals surface area (Å²) in [6.45, 7) is 2.07. The standard InChI is InChI=1S/C11H9N7S/c12-3-7-10(14)8(4-13)19-11(7)17-1-2-18-6-15-16-9(18)5-17/h6H,1-2,5,14H2. The van der Waals surface area contributed by atoms with Gasteiger partial charge < -0.3 is 15.2 Å². The van der Waals surface area contributed by atoms with Crippen molar-refractivity contribution in [2.75, 3.05) is 17.2 Å². The van der Waals surface area contributed by atoms with Gasteiger partial charge in [-0.3, -0.25) is 0 Å². The van der Waals surface area contributed by atoms with E-state index in [1.54, 1.807) is 6.33 Å². The number of rotatable bonds is 1. The largest absolute Gasteiger partial charge is 0.396 e. The van der Waals surface area contributed by atoms with E-state index in [-0.39, 0.29) is 5.69 Å². The number of thiophene rings is 1. The van der Waals surface area contributed by atoms with Crippen molar-refractivity contribution >= 4 is 22.0 Å². The van der Waals surface area contributed by atoms with Gasteiger partial charge >= 0.3 is 0 Å². The molecule has 8 heteroatoms. The highest BCUT2D eigenvalue weighted by atomic mass is 32.1. The summed E-state index contributed by atoms with van der Waals surface area (Å²) in [5, 5.41) is 26.8. The maximum absolute atomic E-state index is 9.20. The Morgan fingerprint density at radius 1 is 1.32 bits per heavy atom. The molecule has 0 fully saturated rings. The van der Waals surface area contributed by atoms with E-state index in [1.807, 2.05) is 15.5 Å². The van der Waals surface area contributed by atoms with Gasteiger partial charge in [-0.25, -0.2) is 0 Å². The van der Waals surface area contributed by atoms with Crippen molar-refractivity contribution < 1.29 is 0 Å². The van der Waals surface area contributed by atoms with Gasteiger partial charge in [0.05, 0.1) is 12.2 Å². The number of fused-ring (bicyclic) bond motifs is 1. The van der Waals surface area contributed by atoms with E-state index in [0.717, 1.165) is 23.9 Å². The third kappa shape index (κ3) is 1.70. The second-order valence-corrected chi connectivity index (χ2v) is 5.11. The van der Waals surface area contributed by atoms with Crippen molar-refractivity contribution in [3.05, 3.63) is 22.6 Å². The topological polar surface area (TPSA) is 108 Å². The van der Waals surface area contributed by atoms with Crippen LogP contribution in [0.15, 0.2) is 6.33 Å². The van der Waals surface area contributed by atoms with Gasteiger partial charge in [0, 0.05) is 13.1 Å². The predicted molar refractivity (Wildman–Crippen MR) is 69.2 cm³/mol. The van der Waals surface area contributed by atoms with E-state index in [1.165, 1.54) is 11.3 Å². The first kappa shape index (κ1) is 11.5. The summed E-state index contributed by atoms with van der Waals surface area (Å²) in [6, 6.07) is 4.11. The Hall–Kier alpha value is -2.58. The third-order valence-electron chi connectivity index (χ3n) is 3.07. The van der Waals surface area contributed by atoms with Crippen LogP contribution < -0.4 is 10.6 Å². The molecule has 0 saturated carbocycles. The first-order valence-electron chi connectivity index (χ1n) is 5.58. The second kappa shape index (κ2) is 4.26. The van der Waals surface area contributed by atoms with Gasteiger partial charge in [-0.2, -0.15) is 10.5 Å². The molecule has 7 nitrogen and oxygen atoms in total. The van der Waals surface area contributed by atoms with Crippen molar-refractivity contribution in [1.29, 1.82) is 10.5 Å². The second-order valence-electron chi connectivity index (χ2n) is 4.11. The zero-order valence-electron chi connectivity index (χ0n) is 9.87. The fourth-order valence-electron chi connectivity index (χ4n) is 2.08. The molecule has 1 aliphatic rings. The van der Waals surface area contributed by atoms with Crippen LogP contribution in [0.25, 0.3) is 0 Å². The number of anilines is 2. The van der Waals surface area contributed by atoms with E-state index in [4.69, 9.17) is 11.0 Å². The Morgan fingerprint density at radius 2 is 2.16 bits per heavy atom. The summed E-state index contributed by atoms with van der Waals surface area (Å²) in [6.07, 6.45) is 1.70. The highest BCUT2D eigenvalue weighted by Crippen LogP contribution is 2.38. The summed E-state index contributed by atoms with van der Waals surface area (Å²) >= 11 is 1.25. The smallest absolute Gasteiger partial charge is 0.152 e. The van der Waals surface area contributed by atoms with Crippen LogP contribution in [0.5, 0.6) is 0 Å². The molecule has 0 radical (unpaired) electrons. The molecule has 2 N–H and O–H groups in total. The van der Waals surface area contributed by atoms with Crippen molar-refractivity contribution in [2.45, 2.75) is 13.1 Å². The lowest BCUT2D eigenvalue weighted by Crippen LogP contribution is -2.33. The normalized spacial score (nSPS) is 13.7. The number of hydrogen-bond donors (Lipinski definition) is 1. The van der Waals surface area contributed by atoms with Crippen molar-refractivity contribution in [3.8, 4) is 12.1 Å². The minimum absolute atomic E-state index is 0.275. The van der Waals surface area contributed by atoms with Gasteiger partial charge in [0.2, 0.25) is 0 Å². The van der Waals surface area contributed by atoms with Gasteiger partial charge in [-0.15, -0.1) is 21.5 Å². The highest BCUT2D eigenvalue weighted by molar-refractivity contribution is 7.17. The molecule has 2 aromatic heterocycles. The van der Waals surface area contributed by atoms with Crippen molar-refractivity contribution in [2.24, 2.45) is 0 Å². The number of nitrogens with two attached hydrogens (primary N) is 1. The lowest BCUT2D eigenvalue weighted by molar-refractivity contribution is 0.562. The molecule has 0 saturated heterocycles. The number of nitriles is 2. The lowest BCUT2D eigenvalue weighted by Gasteiger charge is -2.27. The van der Waals surface area contributed by atoms with Crippen LogP contribution in [0.4, 0.5) is 10.7 Å². The SMILES string of the molecule is N#Cc1sc(N2CCn3cnnc3C2)c(C#N)c1N. The molecule has 0 amide bonds. The number of hydrogen-bond acceptors (Lipinski definition) is 7. The zero-order valence-corrected chi connectivity index (χ0v) is 10.7. The molecular formula is C11H9N7S. The summed E-state index contributed by atoms with van der Waals surface area (Å²) in [4.78, 5) is 2.41.